The van der Waals surface area contributed by atoms with Crippen LogP contribution in [0.3, 0.4) is 0 Å². The Morgan fingerprint density at radius 2 is 1.72 bits per heavy atom. The number of carbonyl (C=O) groups excluding carboxylic acids is 1. The molecular weight excluding hydrogens is 448 g/mol. The first-order valence-electron chi connectivity index (χ1n) is 12.8. The van der Waals surface area contributed by atoms with Gasteiger partial charge in [0, 0.05) is 84.6 Å². The molecule has 0 spiro atoms. The van der Waals surface area contributed by atoms with Crippen molar-refractivity contribution in [1.29, 1.82) is 0 Å². The van der Waals surface area contributed by atoms with E-state index < -0.39 is 0 Å². The monoisotopic (exact) mass is 480 g/mol. The van der Waals surface area contributed by atoms with Crippen LogP contribution in [0, 0.1) is 0 Å². The van der Waals surface area contributed by atoms with Gasteiger partial charge in [-0.05, 0) is 69.3 Å². The van der Waals surface area contributed by atoms with E-state index in [1.54, 1.807) is 6.92 Å². The maximum atomic E-state index is 11.6. The number of hydrogen-bond acceptors (Lipinski definition) is 6. The third-order valence-electron chi connectivity index (χ3n) is 7.79. The first-order valence-corrected chi connectivity index (χ1v) is 12.8. The first-order chi connectivity index (χ1) is 17.6. The van der Waals surface area contributed by atoms with Gasteiger partial charge < -0.3 is 19.7 Å². The van der Waals surface area contributed by atoms with Gasteiger partial charge in [0.2, 0.25) is 0 Å². The van der Waals surface area contributed by atoms with Crippen LogP contribution in [-0.4, -0.2) is 59.6 Å². The van der Waals surface area contributed by atoms with E-state index >= 15 is 0 Å². The molecule has 4 heterocycles. The molecule has 7 nitrogen and oxygen atoms in total. The van der Waals surface area contributed by atoms with Crippen LogP contribution < -0.4 is 15.1 Å². The summed E-state index contributed by atoms with van der Waals surface area (Å²) >= 11 is 0. The lowest BCUT2D eigenvalue weighted by atomic mass is 9.87. The van der Waals surface area contributed by atoms with Crippen molar-refractivity contribution in [3.63, 3.8) is 0 Å². The zero-order chi connectivity index (χ0) is 24.6. The highest BCUT2D eigenvalue weighted by molar-refractivity contribution is 5.95. The third kappa shape index (κ3) is 4.13. The third-order valence-corrected chi connectivity index (χ3v) is 7.79. The average Bonchev–Trinajstić information content (AvgIpc) is 3.27. The lowest BCUT2D eigenvalue weighted by molar-refractivity contribution is 0.101. The van der Waals surface area contributed by atoms with Crippen LogP contribution >= 0.6 is 0 Å². The Hall–Kier alpha value is -3.71. The smallest absolute Gasteiger partial charge is 0.159 e. The number of aromatic nitrogens is 3. The molecule has 36 heavy (non-hydrogen) atoms. The van der Waals surface area contributed by atoms with Gasteiger partial charge in [0.1, 0.15) is 11.5 Å². The molecule has 1 saturated carbocycles. The van der Waals surface area contributed by atoms with E-state index in [9.17, 15) is 4.79 Å². The maximum absolute atomic E-state index is 11.6. The van der Waals surface area contributed by atoms with Crippen molar-refractivity contribution in [3.8, 4) is 11.1 Å². The van der Waals surface area contributed by atoms with Crippen molar-refractivity contribution >= 4 is 28.3 Å². The second-order valence-electron chi connectivity index (χ2n) is 9.92. The van der Waals surface area contributed by atoms with Gasteiger partial charge in [-0.3, -0.25) is 9.78 Å². The van der Waals surface area contributed by atoms with E-state index in [2.05, 4.69) is 61.2 Å². The Kier molecular flexibility index (Phi) is 5.93. The van der Waals surface area contributed by atoms with Gasteiger partial charge in [0.15, 0.2) is 5.78 Å². The molecule has 1 aromatic carbocycles. The highest BCUT2D eigenvalue weighted by atomic mass is 16.1. The van der Waals surface area contributed by atoms with Crippen LogP contribution in [0.15, 0.2) is 67.1 Å². The van der Waals surface area contributed by atoms with E-state index in [0.29, 0.717) is 12.1 Å². The molecule has 0 radical (unpaired) electrons. The van der Waals surface area contributed by atoms with Gasteiger partial charge in [-0.25, -0.2) is 4.98 Å². The molecule has 1 saturated heterocycles. The van der Waals surface area contributed by atoms with Gasteiger partial charge in [-0.2, -0.15) is 0 Å². The largest absolute Gasteiger partial charge is 0.368 e. The summed E-state index contributed by atoms with van der Waals surface area (Å²) in [5, 5.41) is 4.59. The number of carbonyl (C=O) groups is 1. The molecular formula is C29H32N6O. The fourth-order valence-electron chi connectivity index (χ4n) is 5.47. The number of nitrogens with one attached hydrogen (secondary N) is 1. The predicted octanol–water partition coefficient (Wildman–Crippen LogP) is 4.55. The minimum Gasteiger partial charge on any atom is -0.368 e. The number of Topliss-reactive ketones (excluding diaryl/α,β-unsaturated/α-hetero) is 1. The van der Waals surface area contributed by atoms with Crippen LogP contribution in [0.2, 0.25) is 0 Å². The van der Waals surface area contributed by atoms with Gasteiger partial charge in [-0.1, -0.05) is 6.07 Å². The predicted molar refractivity (Wildman–Crippen MR) is 145 cm³/mol. The van der Waals surface area contributed by atoms with Gasteiger partial charge in [0.25, 0.3) is 0 Å². The SMILES string of the molecule is CN[C@H]1C[C@H](n2cc(-c3cccnc3)c3ccc(N4CCN(c5ccc(C(C)=O)cc5)CC4)nc32)C1. The van der Waals surface area contributed by atoms with E-state index in [1.165, 1.54) is 16.6 Å². The summed E-state index contributed by atoms with van der Waals surface area (Å²) in [5.41, 5.74) is 5.32. The normalized spacial score (nSPS) is 19.9. The van der Waals surface area contributed by atoms with Crippen molar-refractivity contribution in [2.24, 2.45) is 0 Å². The summed E-state index contributed by atoms with van der Waals surface area (Å²) in [5.74, 6) is 1.14. The van der Waals surface area contributed by atoms with Crippen molar-refractivity contribution in [2.45, 2.75) is 31.8 Å². The molecule has 1 aliphatic heterocycles. The Bertz CT molecular complexity index is 1370. The first kappa shape index (κ1) is 22.7. The Balaban J connectivity index is 1.25. The molecule has 0 unspecified atom stereocenters. The van der Waals surface area contributed by atoms with E-state index in [4.69, 9.17) is 4.98 Å². The Morgan fingerprint density at radius 1 is 0.972 bits per heavy atom. The molecule has 1 N–H and O–H groups in total. The molecule has 2 fully saturated rings. The number of piperazine rings is 1. The van der Waals surface area contributed by atoms with Crippen LogP contribution in [0.4, 0.5) is 11.5 Å². The molecule has 184 valence electrons. The summed E-state index contributed by atoms with van der Waals surface area (Å²) in [6.07, 6.45) is 8.28. The highest BCUT2D eigenvalue weighted by Crippen LogP contribution is 2.39. The van der Waals surface area contributed by atoms with E-state index in [-0.39, 0.29) is 5.78 Å². The number of fused-ring (bicyclic) bond motifs is 1. The minimum atomic E-state index is 0.104. The molecule has 1 aliphatic carbocycles. The van der Waals surface area contributed by atoms with Crippen molar-refractivity contribution < 1.29 is 4.79 Å². The molecule has 2 aliphatic rings. The second-order valence-corrected chi connectivity index (χ2v) is 9.92. The molecule has 3 aromatic heterocycles. The van der Waals surface area contributed by atoms with Crippen molar-refractivity contribution in [3.05, 3.63) is 72.7 Å². The minimum absolute atomic E-state index is 0.104. The quantitative estimate of drug-likeness (QED) is 0.409. The maximum Gasteiger partial charge on any atom is 0.159 e. The molecule has 6 rings (SSSR count). The van der Waals surface area contributed by atoms with Gasteiger partial charge in [0.05, 0.1) is 0 Å². The van der Waals surface area contributed by atoms with E-state index in [1.807, 2.05) is 37.6 Å². The number of ketones is 1. The number of pyridine rings is 2. The summed E-state index contributed by atoms with van der Waals surface area (Å²) in [6.45, 7) is 5.28. The van der Waals surface area contributed by atoms with Crippen LogP contribution in [-0.2, 0) is 0 Å². The van der Waals surface area contributed by atoms with Crippen LogP contribution in [0.25, 0.3) is 22.2 Å². The number of benzene rings is 1. The second kappa shape index (κ2) is 9.39. The summed E-state index contributed by atoms with van der Waals surface area (Å²) in [4.78, 5) is 25.9. The van der Waals surface area contributed by atoms with Gasteiger partial charge in [-0.15, -0.1) is 0 Å². The van der Waals surface area contributed by atoms with Crippen LogP contribution in [0.1, 0.15) is 36.2 Å². The molecule has 0 bridgehead atoms. The number of nitrogens with zero attached hydrogens (tertiary/aromatic N) is 5. The molecule has 4 aromatic rings. The van der Waals surface area contributed by atoms with Crippen LogP contribution in [0.5, 0.6) is 0 Å². The average molecular weight is 481 g/mol. The standard InChI is InChI=1S/C29H32N6O/c1-20(36)21-5-7-24(8-6-21)33-12-14-34(15-13-33)28-10-9-26-27(22-4-3-11-31-18-22)19-35(29(26)32-28)25-16-23(17-25)30-2/h3-11,18-19,23,25,30H,12-17H2,1-2H3/t23-,25-. The fourth-order valence-corrected chi connectivity index (χ4v) is 5.47. The Labute approximate surface area is 211 Å². The highest BCUT2D eigenvalue weighted by Gasteiger charge is 2.31. The van der Waals surface area contributed by atoms with Crippen molar-refractivity contribution in [2.75, 3.05) is 43.0 Å². The summed E-state index contributed by atoms with van der Waals surface area (Å²) in [6, 6.07) is 17.5. The molecule has 0 amide bonds. The number of anilines is 2. The fraction of sp³-hybridized carbons (Fsp3) is 0.345. The molecule has 0 atom stereocenters. The zero-order valence-electron chi connectivity index (χ0n) is 20.9. The topological polar surface area (TPSA) is 66.3 Å². The summed E-state index contributed by atoms with van der Waals surface area (Å²) < 4.78 is 2.39. The van der Waals surface area contributed by atoms with Crippen molar-refractivity contribution in [1.82, 2.24) is 19.9 Å². The lowest BCUT2D eigenvalue weighted by Crippen LogP contribution is -2.46. The van der Waals surface area contributed by atoms with E-state index in [0.717, 1.165) is 61.6 Å². The molecule has 7 heteroatoms. The lowest BCUT2D eigenvalue weighted by Gasteiger charge is -2.37. The number of hydrogen-bond donors (Lipinski definition) is 1. The number of rotatable bonds is 6. The van der Waals surface area contributed by atoms with Gasteiger partial charge >= 0.3 is 0 Å². The zero-order valence-corrected chi connectivity index (χ0v) is 20.9. The Morgan fingerprint density at radius 3 is 2.39 bits per heavy atom. The summed E-state index contributed by atoms with van der Waals surface area (Å²) in [7, 11) is 2.05.